The first-order valence-corrected chi connectivity index (χ1v) is 10.3. The number of hydrogen-bond donors (Lipinski definition) is 1. The maximum atomic E-state index is 12.7. The fourth-order valence-corrected chi connectivity index (χ4v) is 3.85. The summed E-state index contributed by atoms with van der Waals surface area (Å²) in [6.45, 7) is 4.43. The Labute approximate surface area is 173 Å². The molecule has 0 unspecified atom stereocenters. The van der Waals surface area contributed by atoms with Gasteiger partial charge in [-0.25, -0.2) is 4.98 Å². The van der Waals surface area contributed by atoms with Crippen LogP contribution in [0.15, 0.2) is 53.4 Å². The molecule has 1 N–H and O–H groups in total. The van der Waals surface area contributed by atoms with Gasteiger partial charge in [-0.3, -0.25) is 9.59 Å². The zero-order chi connectivity index (χ0) is 20.2. The van der Waals surface area contributed by atoms with E-state index in [1.54, 1.807) is 23.7 Å². The zero-order valence-electron chi connectivity index (χ0n) is 16.1. The second-order valence-electron chi connectivity index (χ2n) is 6.79. The quantitative estimate of drug-likeness (QED) is 0.645. The summed E-state index contributed by atoms with van der Waals surface area (Å²) in [5.74, 6) is -0.342. The van der Waals surface area contributed by atoms with Crippen LogP contribution in [-0.2, 0) is 4.74 Å². The molecule has 0 atom stereocenters. The van der Waals surface area contributed by atoms with E-state index < -0.39 is 0 Å². The molecule has 2 heterocycles. The fourth-order valence-electron chi connectivity index (χ4n) is 3.29. The molecule has 0 radical (unpaired) electrons. The Hall–Kier alpha value is -3.03. The second kappa shape index (κ2) is 8.55. The molecule has 3 aromatic rings. The van der Waals surface area contributed by atoms with Crippen LogP contribution in [0, 0.1) is 0 Å². The van der Waals surface area contributed by atoms with E-state index in [2.05, 4.69) is 15.2 Å². The molecule has 6 nitrogen and oxygen atoms in total. The van der Waals surface area contributed by atoms with Crippen LogP contribution < -0.4 is 10.2 Å². The third-order valence-corrected chi connectivity index (χ3v) is 5.47. The normalized spacial score (nSPS) is 13.9. The van der Waals surface area contributed by atoms with Crippen LogP contribution >= 0.6 is 11.3 Å². The smallest absolute Gasteiger partial charge is 0.255 e. The molecule has 1 aliphatic rings. The number of carbonyl (C=O) groups excluding carboxylic acids is 2. The average Bonchev–Trinajstić information content (AvgIpc) is 3.29. The highest BCUT2D eigenvalue weighted by atomic mass is 32.1. The number of morpholine rings is 1. The lowest BCUT2D eigenvalue weighted by Crippen LogP contribution is -2.36. The Morgan fingerprint density at radius 1 is 1.10 bits per heavy atom. The molecule has 7 heteroatoms. The number of amides is 1. The summed E-state index contributed by atoms with van der Waals surface area (Å²) in [5.41, 5.74) is 6.13. The van der Waals surface area contributed by atoms with Crippen LogP contribution in [0.4, 0.5) is 11.4 Å². The number of thiazole rings is 1. The standard InChI is InChI=1S/C22H21N3O3S/c1-15(26)19-12-18(25-8-10-28-11-9-25)6-7-20(19)24-22(27)17-4-2-16(3-5-17)21-13-29-14-23-21/h2-7,12-14H,8-11H2,1H3,(H,24,27). The maximum Gasteiger partial charge on any atom is 0.255 e. The molecule has 148 valence electrons. The maximum absolute atomic E-state index is 12.7. The van der Waals surface area contributed by atoms with Gasteiger partial charge in [0.25, 0.3) is 5.91 Å². The predicted octanol–water partition coefficient (Wildman–Crippen LogP) is 4.10. The molecule has 0 bridgehead atoms. The number of nitrogens with zero attached hydrogens (tertiary/aromatic N) is 2. The highest BCUT2D eigenvalue weighted by Gasteiger charge is 2.17. The van der Waals surface area contributed by atoms with Crippen molar-refractivity contribution in [2.75, 3.05) is 36.5 Å². The van der Waals surface area contributed by atoms with E-state index in [9.17, 15) is 9.59 Å². The zero-order valence-corrected chi connectivity index (χ0v) is 16.9. The Morgan fingerprint density at radius 2 is 1.86 bits per heavy atom. The SMILES string of the molecule is CC(=O)c1cc(N2CCOCC2)ccc1NC(=O)c1ccc(-c2cscn2)cc1. The van der Waals surface area contributed by atoms with Crippen LogP contribution in [0.2, 0.25) is 0 Å². The second-order valence-corrected chi connectivity index (χ2v) is 7.51. The number of ether oxygens (including phenoxy) is 1. The summed E-state index contributed by atoms with van der Waals surface area (Å²) < 4.78 is 5.39. The summed E-state index contributed by atoms with van der Waals surface area (Å²) in [4.78, 5) is 31.4. The van der Waals surface area contributed by atoms with Gasteiger partial charge in [-0.15, -0.1) is 11.3 Å². The van der Waals surface area contributed by atoms with Crippen molar-refractivity contribution in [3.8, 4) is 11.3 Å². The molecule has 1 amide bonds. The Bertz CT molecular complexity index is 1010. The summed E-state index contributed by atoms with van der Waals surface area (Å²) in [5, 5.41) is 4.84. The van der Waals surface area contributed by atoms with E-state index in [-0.39, 0.29) is 11.7 Å². The molecule has 4 rings (SSSR count). The van der Waals surface area contributed by atoms with Crippen molar-refractivity contribution in [2.24, 2.45) is 0 Å². The summed E-state index contributed by atoms with van der Waals surface area (Å²) in [7, 11) is 0. The lowest BCUT2D eigenvalue weighted by molar-refractivity contribution is 0.101. The third-order valence-electron chi connectivity index (χ3n) is 4.88. The summed E-state index contributed by atoms with van der Waals surface area (Å²) in [6.07, 6.45) is 0. The number of aromatic nitrogens is 1. The van der Waals surface area contributed by atoms with E-state index in [0.717, 1.165) is 30.0 Å². The number of hydrogen-bond acceptors (Lipinski definition) is 6. The molecule has 2 aromatic carbocycles. The minimum atomic E-state index is -0.253. The van der Waals surface area contributed by atoms with Gasteiger partial charge in [0.1, 0.15) is 0 Å². The largest absolute Gasteiger partial charge is 0.378 e. The predicted molar refractivity (Wildman–Crippen MR) is 115 cm³/mol. The van der Waals surface area contributed by atoms with Gasteiger partial charge in [-0.2, -0.15) is 0 Å². The van der Waals surface area contributed by atoms with Gasteiger partial charge < -0.3 is 15.0 Å². The number of nitrogens with one attached hydrogen (secondary N) is 1. The van der Waals surface area contributed by atoms with Gasteiger partial charge in [-0.1, -0.05) is 12.1 Å². The van der Waals surface area contributed by atoms with Gasteiger partial charge >= 0.3 is 0 Å². The topological polar surface area (TPSA) is 71.5 Å². The lowest BCUT2D eigenvalue weighted by atomic mass is 10.1. The van der Waals surface area contributed by atoms with Crippen molar-refractivity contribution in [2.45, 2.75) is 6.92 Å². The lowest BCUT2D eigenvalue weighted by Gasteiger charge is -2.29. The number of benzene rings is 2. The van der Waals surface area contributed by atoms with Gasteiger partial charge in [0.05, 0.1) is 30.1 Å². The molecular formula is C22H21N3O3S. The van der Waals surface area contributed by atoms with Gasteiger partial charge in [0.2, 0.25) is 0 Å². The van der Waals surface area contributed by atoms with Crippen LogP contribution in [0.5, 0.6) is 0 Å². The van der Waals surface area contributed by atoms with Gasteiger partial charge in [0.15, 0.2) is 5.78 Å². The first-order valence-electron chi connectivity index (χ1n) is 9.39. The van der Waals surface area contributed by atoms with Gasteiger partial charge in [0, 0.05) is 40.8 Å². The van der Waals surface area contributed by atoms with Crippen LogP contribution in [0.25, 0.3) is 11.3 Å². The van der Waals surface area contributed by atoms with Crippen LogP contribution in [0.1, 0.15) is 27.6 Å². The number of ketones is 1. The molecule has 1 aromatic heterocycles. The van der Waals surface area contributed by atoms with Gasteiger partial charge in [-0.05, 0) is 37.3 Å². The molecule has 0 saturated carbocycles. The van der Waals surface area contributed by atoms with Crippen molar-refractivity contribution < 1.29 is 14.3 Å². The van der Waals surface area contributed by atoms with E-state index in [1.165, 1.54) is 18.3 Å². The number of Topliss-reactive ketones (excluding diaryl/α,β-unsaturated/α-hetero) is 1. The first-order chi connectivity index (χ1) is 14.1. The molecular weight excluding hydrogens is 386 g/mol. The van der Waals surface area contributed by atoms with E-state index in [0.29, 0.717) is 30.0 Å². The number of carbonyl (C=O) groups is 2. The summed E-state index contributed by atoms with van der Waals surface area (Å²) in [6, 6.07) is 12.8. The minimum absolute atomic E-state index is 0.0886. The highest BCUT2D eigenvalue weighted by Crippen LogP contribution is 2.26. The van der Waals surface area contributed by atoms with E-state index >= 15 is 0 Å². The highest BCUT2D eigenvalue weighted by molar-refractivity contribution is 7.07. The van der Waals surface area contributed by atoms with Crippen molar-refractivity contribution in [1.82, 2.24) is 4.98 Å². The van der Waals surface area contributed by atoms with Crippen LogP contribution in [-0.4, -0.2) is 43.0 Å². The molecule has 0 spiro atoms. The van der Waals surface area contributed by atoms with Crippen molar-refractivity contribution in [3.63, 3.8) is 0 Å². The fraction of sp³-hybridized carbons (Fsp3) is 0.227. The Morgan fingerprint density at radius 3 is 2.52 bits per heavy atom. The molecule has 1 aliphatic heterocycles. The van der Waals surface area contributed by atoms with Crippen LogP contribution in [0.3, 0.4) is 0 Å². The number of anilines is 2. The first kappa shape index (κ1) is 19.3. The van der Waals surface area contributed by atoms with Crippen molar-refractivity contribution in [3.05, 3.63) is 64.5 Å². The Balaban J connectivity index is 1.53. The summed E-state index contributed by atoms with van der Waals surface area (Å²) >= 11 is 1.53. The average molecular weight is 407 g/mol. The van der Waals surface area contributed by atoms with Crippen molar-refractivity contribution >= 4 is 34.4 Å². The number of rotatable bonds is 5. The Kier molecular flexibility index (Phi) is 5.69. The monoisotopic (exact) mass is 407 g/mol. The molecule has 1 saturated heterocycles. The molecule has 1 fully saturated rings. The minimum Gasteiger partial charge on any atom is -0.378 e. The third kappa shape index (κ3) is 4.36. The van der Waals surface area contributed by atoms with E-state index in [1.807, 2.05) is 29.6 Å². The van der Waals surface area contributed by atoms with E-state index in [4.69, 9.17) is 4.74 Å². The molecule has 29 heavy (non-hydrogen) atoms. The molecule has 0 aliphatic carbocycles. The van der Waals surface area contributed by atoms with Crippen molar-refractivity contribution in [1.29, 1.82) is 0 Å².